The smallest absolute Gasteiger partial charge is 0.432 e. The van der Waals surface area contributed by atoms with E-state index in [1.165, 1.54) is 21.6 Å². The summed E-state index contributed by atoms with van der Waals surface area (Å²) in [7, 11) is 2.62. The van der Waals surface area contributed by atoms with Crippen molar-refractivity contribution in [3.63, 3.8) is 0 Å². The van der Waals surface area contributed by atoms with Gasteiger partial charge in [-0.3, -0.25) is 28.9 Å². The number of hydrogen-bond donors (Lipinski definition) is 0. The molecular weight excluding hydrogens is 420 g/mol. The van der Waals surface area contributed by atoms with Crippen LogP contribution >= 0.6 is 21.6 Å². The molecule has 4 amide bonds. The van der Waals surface area contributed by atoms with Crippen molar-refractivity contribution < 1.29 is 47.9 Å². The van der Waals surface area contributed by atoms with Gasteiger partial charge in [0.15, 0.2) is 0 Å². The van der Waals surface area contributed by atoms with Gasteiger partial charge < -0.3 is 9.47 Å². The number of hydroxylamine groups is 4. The summed E-state index contributed by atoms with van der Waals surface area (Å²) >= 11 is 0. The zero-order chi connectivity index (χ0) is 20.5. The Labute approximate surface area is 166 Å². The summed E-state index contributed by atoms with van der Waals surface area (Å²) in [5, 5.41) is 0.786. The number of rotatable bonds is 9. The number of amides is 4. The van der Waals surface area contributed by atoms with E-state index >= 15 is 0 Å². The largest absolute Gasteiger partial charge is 0.533 e. The van der Waals surface area contributed by atoms with Crippen LogP contribution in [0.25, 0.3) is 0 Å². The van der Waals surface area contributed by atoms with E-state index in [1.54, 1.807) is 0 Å². The van der Waals surface area contributed by atoms with Crippen LogP contribution in [0.5, 0.6) is 0 Å². The molecule has 0 N–H and O–H groups in total. The van der Waals surface area contributed by atoms with Crippen molar-refractivity contribution in [1.82, 2.24) is 10.1 Å². The maximum absolute atomic E-state index is 11.4. The second-order valence-electron chi connectivity index (χ2n) is 5.19. The van der Waals surface area contributed by atoms with Gasteiger partial charge in [0.1, 0.15) is 13.2 Å². The molecule has 0 bridgehead atoms. The van der Waals surface area contributed by atoms with E-state index in [2.05, 4.69) is 9.68 Å². The molecule has 0 aliphatic carbocycles. The van der Waals surface area contributed by atoms with Gasteiger partial charge in [0.05, 0.1) is 0 Å². The predicted molar refractivity (Wildman–Crippen MR) is 92.0 cm³/mol. The van der Waals surface area contributed by atoms with Crippen molar-refractivity contribution in [1.29, 1.82) is 0 Å². The fourth-order valence-electron chi connectivity index (χ4n) is 1.95. The standard InChI is InChI=1S/C14H16N2O10S2/c17-9-1-2-10(18)15(9)25-13(21)23-5-7-27-28-8-6-24-14(22)26-16-11(19)3-4-12(16)20/h1-8H2. The molecule has 0 aromatic carbocycles. The van der Waals surface area contributed by atoms with E-state index in [-0.39, 0.29) is 38.9 Å². The molecular formula is C14H16N2O10S2. The van der Waals surface area contributed by atoms with Gasteiger partial charge in [-0.25, -0.2) is 9.59 Å². The Kier molecular flexibility index (Phi) is 8.38. The minimum absolute atomic E-state index is 0.00113. The first-order valence-corrected chi connectivity index (χ1v) is 10.5. The molecule has 0 aromatic heterocycles. The third kappa shape index (κ3) is 6.60. The molecule has 2 heterocycles. The highest BCUT2D eigenvalue weighted by molar-refractivity contribution is 8.76. The summed E-state index contributed by atoms with van der Waals surface area (Å²) in [5.41, 5.74) is 0. The fourth-order valence-corrected chi connectivity index (χ4v) is 3.61. The normalized spacial score (nSPS) is 16.6. The highest BCUT2D eigenvalue weighted by Crippen LogP contribution is 2.21. The maximum atomic E-state index is 11.4. The molecule has 2 fully saturated rings. The number of hydrogen-bond acceptors (Lipinski definition) is 12. The molecule has 2 rings (SSSR count). The van der Waals surface area contributed by atoms with Gasteiger partial charge in [0, 0.05) is 37.2 Å². The molecule has 2 aliphatic heterocycles. The van der Waals surface area contributed by atoms with Crippen molar-refractivity contribution in [2.45, 2.75) is 25.7 Å². The Morgan fingerprint density at radius 1 is 0.679 bits per heavy atom. The van der Waals surface area contributed by atoms with E-state index < -0.39 is 35.9 Å². The Bertz CT molecular complexity index is 583. The van der Waals surface area contributed by atoms with Crippen LogP contribution in [-0.4, -0.2) is 70.8 Å². The molecule has 0 saturated carbocycles. The molecule has 12 nitrogen and oxygen atoms in total. The Morgan fingerprint density at radius 2 is 1.00 bits per heavy atom. The van der Waals surface area contributed by atoms with Gasteiger partial charge in [0.2, 0.25) is 0 Å². The topological polar surface area (TPSA) is 146 Å². The molecule has 0 aromatic rings. The van der Waals surface area contributed by atoms with Gasteiger partial charge in [-0.1, -0.05) is 31.7 Å². The van der Waals surface area contributed by atoms with Gasteiger partial charge in [-0.2, -0.15) is 0 Å². The zero-order valence-electron chi connectivity index (χ0n) is 14.5. The number of ether oxygens (including phenoxy) is 2. The lowest BCUT2D eigenvalue weighted by atomic mass is 10.4. The highest BCUT2D eigenvalue weighted by atomic mass is 33.1. The third-order valence-electron chi connectivity index (χ3n) is 3.20. The van der Waals surface area contributed by atoms with Crippen LogP contribution in [0.2, 0.25) is 0 Å². The van der Waals surface area contributed by atoms with Gasteiger partial charge in [-0.05, 0) is 0 Å². The molecule has 14 heteroatoms. The highest BCUT2D eigenvalue weighted by Gasteiger charge is 2.34. The van der Waals surface area contributed by atoms with Crippen molar-refractivity contribution in [3.05, 3.63) is 0 Å². The average molecular weight is 436 g/mol. The van der Waals surface area contributed by atoms with Crippen LogP contribution in [0.4, 0.5) is 9.59 Å². The van der Waals surface area contributed by atoms with E-state index in [9.17, 15) is 28.8 Å². The Morgan fingerprint density at radius 3 is 1.32 bits per heavy atom. The lowest BCUT2D eigenvalue weighted by molar-refractivity contribution is -0.177. The van der Waals surface area contributed by atoms with Crippen molar-refractivity contribution >= 4 is 57.5 Å². The van der Waals surface area contributed by atoms with E-state index in [1.807, 2.05) is 0 Å². The SMILES string of the molecule is O=C(OCCSSCCOC(=O)ON1C(=O)CCC1=O)ON1C(=O)CCC1=O. The first-order chi connectivity index (χ1) is 13.4. The van der Waals surface area contributed by atoms with Crippen LogP contribution in [0, 0.1) is 0 Å². The lowest BCUT2D eigenvalue weighted by Crippen LogP contribution is -2.32. The molecule has 0 spiro atoms. The second-order valence-corrected chi connectivity index (χ2v) is 7.89. The van der Waals surface area contributed by atoms with Crippen LogP contribution in [-0.2, 0) is 38.3 Å². The molecule has 0 atom stereocenters. The summed E-state index contributed by atoms with van der Waals surface area (Å²) in [6, 6.07) is 0. The molecule has 2 saturated heterocycles. The molecule has 28 heavy (non-hydrogen) atoms. The minimum atomic E-state index is -1.15. The summed E-state index contributed by atoms with van der Waals surface area (Å²) in [5.74, 6) is -1.62. The Balaban J connectivity index is 1.45. The fraction of sp³-hybridized carbons (Fsp3) is 0.571. The third-order valence-corrected chi connectivity index (χ3v) is 5.53. The monoisotopic (exact) mass is 436 g/mol. The molecule has 2 aliphatic rings. The van der Waals surface area contributed by atoms with Gasteiger partial charge in [-0.15, -0.1) is 0 Å². The number of nitrogens with zero attached hydrogens (tertiary/aromatic N) is 2. The van der Waals surface area contributed by atoms with Crippen LogP contribution in [0.15, 0.2) is 0 Å². The number of imide groups is 2. The van der Waals surface area contributed by atoms with Crippen molar-refractivity contribution in [2.24, 2.45) is 0 Å². The zero-order valence-corrected chi connectivity index (χ0v) is 16.1. The summed E-state index contributed by atoms with van der Waals surface area (Å²) < 4.78 is 9.45. The Hall–Kier alpha value is -2.48. The second kappa shape index (κ2) is 10.8. The predicted octanol–water partition coefficient (Wildman–Crippen LogP) is 0.802. The van der Waals surface area contributed by atoms with Gasteiger partial charge in [0.25, 0.3) is 23.6 Å². The number of carbonyl (C=O) groups excluding carboxylic acids is 6. The van der Waals surface area contributed by atoms with Crippen LogP contribution < -0.4 is 0 Å². The quantitative estimate of drug-likeness (QED) is 0.218. The number of carbonyl (C=O) groups is 6. The van der Waals surface area contributed by atoms with Crippen molar-refractivity contribution in [2.75, 3.05) is 24.7 Å². The van der Waals surface area contributed by atoms with Crippen molar-refractivity contribution in [3.8, 4) is 0 Å². The first-order valence-electron chi connectivity index (χ1n) is 8.04. The lowest BCUT2D eigenvalue weighted by Gasteiger charge is -2.12. The summed E-state index contributed by atoms with van der Waals surface area (Å²) in [6.07, 6.45) is -2.30. The average Bonchev–Trinajstić information content (AvgIpc) is 3.14. The van der Waals surface area contributed by atoms with Crippen LogP contribution in [0.1, 0.15) is 25.7 Å². The molecule has 0 unspecified atom stereocenters. The molecule has 0 radical (unpaired) electrons. The van der Waals surface area contributed by atoms with E-state index in [0.29, 0.717) is 21.6 Å². The summed E-state index contributed by atoms with van der Waals surface area (Å²) in [6.45, 7) is -0.0381. The summed E-state index contributed by atoms with van der Waals surface area (Å²) in [4.78, 5) is 76.8. The van der Waals surface area contributed by atoms with E-state index in [4.69, 9.17) is 9.47 Å². The maximum Gasteiger partial charge on any atom is 0.533 e. The van der Waals surface area contributed by atoms with Crippen LogP contribution in [0.3, 0.4) is 0 Å². The minimum Gasteiger partial charge on any atom is -0.432 e. The molecule has 154 valence electrons. The first kappa shape index (κ1) is 21.8. The van der Waals surface area contributed by atoms with Gasteiger partial charge >= 0.3 is 12.3 Å². The van der Waals surface area contributed by atoms with E-state index in [0.717, 1.165) is 0 Å².